The molecule has 0 saturated carbocycles. The summed E-state index contributed by atoms with van der Waals surface area (Å²) in [6, 6.07) is 19.0. The third-order valence-electron chi connectivity index (χ3n) is 7.05. The number of unbranched alkanes of at least 4 members (excludes halogenated alkanes) is 6. The van der Waals surface area contributed by atoms with E-state index < -0.39 is 23.9 Å². The second-order valence-corrected chi connectivity index (χ2v) is 10.9. The SMILES string of the molecule is C=CC(=O)OCCCCCCOc1ccc(C(=O)Oc2cc(C#N)cc(OC(=O)c3ccc(OCCCCCCOC(=O)C=C)cc3)c2)cc1. The zero-order valence-electron chi connectivity index (χ0n) is 27.9. The van der Waals surface area contributed by atoms with Crippen LogP contribution in [0.3, 0.4) is 0 Å². The molecular formula is C39H41NO10. The molecule has 50 heavy (non-hydrogen) atoms. The van der Waals surface area contributed by atoms with E-state index in [1.807, 2.05) is 6.07 Å². The highest BCUT2D eigenvalue weighted by Gasteiger charge is 2.14. The van der Waals surface area contributed by atoms with Gasteiger partial charge in [0, 0.05) is 18.2 Å². The average Bonchev–Trinajstić information content (AvgIpc) is 3.13. The van der Waals surface area contributed by atoms with Crippen molar-refractivity contribution in [1.29, 1.82) is 5.26 Å². The number of ether oxygens (including phenoxy) is 6. The van der Waals surface area contributed by atoms with Gasteiger partial charge in [-0.3, -0.25) is 0 Å². The van der Waals surface area contributed by atoms with E-state index >= 15 is 0 Å². The van der Waals surface area contributed by atoms with Gasteiger partial charge in [0.1, 0.15) is 23.0 Å². The lowest BCUT2D eigenvalue weighted by atomic mass is 10.2. The molecule has 0 aliphatic heterocycles. The van der Waals surface area contributed by atoms with Crippen molar-refractivity contribution in [3.63, 3.8) is 0 Å². The molecule has 0 heterocycles. The van der Waals surface area contributed by atoms with Crippen LogP contribution < -0.4 is 18.9 Å². The number of benzene rings is 3. The molecule has 11 nitrogen and oxygen atoms in total. The largest absolute Gasteiger partial charge is 0.494 e. The first-order valence-corrected chi connectivity index (χ1v) is 16.3. The summed E-state index contributed by atoms with van der Waals surface area (Å²) in [6.07, 6.45) is 9.10. The first-order chi connectivity index (χ1) is 24.3. The number of hydrogen-bond donors (Lipinski definition) is 0. The summed E-state index contributed by atoms with van der Waals surface area (Å²) in [5, 5.41) is 9.49. The monoisotopic (exact) mass is 683 g/mol. The molecule has 0 amide bonds. The van der Waals surface area contributed by atoms with Crippen molar-refractivity contribution >= 4 is 23.9 Å². The van der Waals surface area contributed by atoms with Gasteiger partial charge in [-0.05, 0) is 112 Å². The first-order valence-electron chi connectivity index (χ1n) is 16.3. The van der Waals surface area contributed by atoms with E-state index in [1.54, 1.807) is 48.5 Å². The van der Waals surface area contributed by atoms with Crippen LogP contribution in [0.15, 0.2) is 92.0 Å². The van der Waals surface area contributed by atoms with Gasteiger partial charge >= 0.3 is 23.9 Å². The maximum absolute atomic E-state index is 12.8. The molecule has 3 rings (SSSR count). The van der Waals surface area contributed by atoms with Crippen LogP contribution in [0, 0.1) is 11.3 Å². The maximum atomic E-state index is 12.8. The predicted octanol–water partition coefficient (Wildman–Crippen LogP) is 7.33. The normalized spacial score (nSPS) is 10.2. The first kappa shape index (κ1) is 38.6. The van der Waals surface area contributed by atoms with E-state index in [2.05, 4.69) is 13.2 Å². The minimum atomic E-state index is -0.661. The van der Waals surface area contributed by atoms with Crippen molar-refractivity contribution in [3.8, 4) is 29.1 Å². The fourth-order valence-electron chi connectivity index (χ4n) is 4.42. The lowest BCUT2D eigenvalue weighted by Crippen LogP contribution is -2.11. The molecule has 3 aromatic rings. The molecule has 0 unspecified atom stereocenters. The highest BCUT2D eigenvalue weighted by atomic mass is 16.6. The van der Waals surface area contributed by atoms with Crippen LogP contribution in [0.2, 0.25) is 0 Å². The van der Waals surface area contributed by atoms with Gasteiger partial charge in [-0.1, -0.05) is 13.2 Å². The fourth-order valence-corrected chi connectivity index (χ4v) is 4.42. The molecule has 262 valence electrons. The molecule has 11 heteroatoms. The summed E-state index contributed by atoms with van der Waals surface area (Å²) in [4.78, 5) is 47.7. The van der Waals surface area contributed by atoms with Crippen LogP contribution in [-0.2, 0) is 19.1 Å². The second kappa shape index (κ2) is 21.9. The average molecular weight is 684 g/mol. The molecule has 0 radical (unpaired) electrons. The van der Waals surface area contributed by atoms with Crippen molar-refractivity contribution in [2.24, 2.45) is 0 Å². The van der Waals surface area contributed by atoms with Crippen molar-refractivity contribution < 1.29 is 47.6 Å². The molecule has 0 atom stereocenters. The third kappa shape index (κ3) is 14.5. The second-order valence-electron chi connectivity index (χ2n) is 10.9. The molecule has 0 fully saturated rings. The molecule has 0 saturated heterocycles. The van der Waals surface area contributed by atoms with Gasteiger partial charge < -0.3 is 28.4 Å². The standard InChI is InChI=1S/C39H41NO10/c1-3-36(41)47-23-11-7-5-9-21-45-32-17-13-30(14-18-32)38(43)49-34-25-29(28-40)26-35(27-34)50-39(44)31-15-19-33(20-16-31)46-22-10-6-8-12-24-48-37(42)4-2/h3-4,13-20,25-27H,1-2,5-12,21-24H2. The van der Waals surface area contributed by atoms with Gasteiger partial charge in [-0.25, -0.2) is 19.2 Å². The van der Waals surface area contributed by atoms with Crippen LogP contribution >= 0.6 is 0 Å². The number of nitriles is 1. The van der Waals surface area contributed by atoms with Crippen LogP contribution in [0.1, 0.15) is 77.6 Å². The van der Waals surface area contributed by atoms with Gasteiger partial charge in [0.05, 0.1) is 49.2 Å². The van der Waals surface area contributed by atoms with E-state index in [1.165, 1.54) is 18.2 Å². The van der Waals surface area contributed by atoms with Crippen LogP contribution in [0.5, 0.6) is 23.0 Å². The molecule has 0 aliphatic rings. The molecule has 0 aromatic heterocycles. The van der Waals surface area contributed by atoms with E-state index in [0.717, 1.165) is 63.5 Å². The predicted molar refractivity (Wildman–Crippen MR) is 184 cm³/mol. The summed E-state index contributed by atoms with van der Waals surface area (Å²) < 4.78 is 32.3. The summed E-state index contributed by atoms with van der Waals surface area (Å²) in [5.41, 5.74) is 0.670. The van der Waals surface area contributed by atoms with Gasteiger partial charge in [0.2, 0.25) is 0 Å². The summed E-state index contributed by atoms with van der Waals surface area (Å²) in [6.45, 7) is 8.44. The van der Waals surface area contributed by atoms with Gasteiger partial charge in [0.15, 0.2) is 0 Å². The smallest absolute Gasteiger partial charge is 0.343 e. The molecule has 0 spiro atoms. The van der Waals surface area contributed by atoms with Crippen LogP contribution in [-0.4, -0.2) is 50.3 Å². The van der Waals surface area contributed by atoms with E-state index in [4.69, 9.17) is 28.4 Å². The van der Waals surface area contributed by atoms with E-state index in [0.29, 0.717) is 37.9 Å². The number of rotatable bonds is 22. The number of hydrogen-bond acceptors (Lipinski definition) is 11. The zero-order chi connectivity index (χ0) is 36.0. The van der Waals surface area contributed by atoms with Gasteiger partial charge in [-0.2, -0.15) is 5.26 Å². The zero-order valence-corrected chi connectivity index (χ0v) is 27.9. The minimum absolute atomic E-state index is 0.0398. The Kier molecular flexibility index (Phi) is 16.9. The molecule has 0 N–H and O–H groups in total. The summed E-state index contributed by atoms with van der Waals surface area (Å²) in [7, 11) is 0. The van der Waals surface area contributed by atoms with Crippen LogP contribution in [0.4, 0.5) is 0 Å². The lowest BCUT2D eigenvalue weighted by Gasteiger charge is -2.10. The fraction of sp³-hybridized carbons (Fsp3) is 0.308. The molecular weight excluding hydrogens is 642 g/mol. The van der Waals surface area contributed by atoms with Crippen LogP contribution in [0.25, 0.3) is 0 Å². The van der Waals surface area contributed by atoms with Crippen molar-refractivity contribution in [2.75, 3.05) is 26.4 Å². The van der Waals surface area contributed by atoms with Crippen molar-refractivity contribution in [1.82, 2.24) is 0 Å². The third-order valence-corrected chi connectivity index (χ3v) is 7.05. The van der Waals surface area contributed by atoms with Gasteiger partial charge in [0.25, 0.3) is 0 Å². The van der Waals surface area contributed by atoms with Crippen molar-refractivity contribution in [2.45, 2.75) is 51.4 Å². The Morgan fingerprint density at radius 1 is 0.540 bits per heavy atom. The highest BCUT2D eigenvalue weighted by Crippen LogP contribution is 2.25. The topological polar surface area (TPSA) is 147 Å². The van der Waals surface area contributed by atoms with Gasteiger partial charge in [-0.15, -0.1) is 0 Å². The van der Waals surface area contributed by atoms with E-state index in [-0.39, 0.29) is 28.2 Å². The Morgan fingerprint density at radius 3 is 1.28 bits per heavy atom. The van der Waals surface area contributed by atoms with E-state index in [9.17, 15) is 24.4 Å². The Balaban J connectivity index is 1.42. The Bertz CT molecular complexity index is 1510. The Labute approximate surface area is 292 Å². The molecule has 0 aliphatic carbocycles. The lowest BCUT2D eigenvalue weighted by molar-refractivity contribution is -0.138. The molecule has 0 bridgehead atoms. The quantitative estimate of drug-likeness (QED) is 0.0454. The summed E-state index contributed by atoms with van der Waals surface area (Å²) in [5.74, 6) is -0.891. The Hall–Kier alpha value is -5.89. The number of carbonyl (C=O) groups is 4. The maximum Gasteiger partial charge on any atom is 0.343 e. The molecule has 3 aromatic carbocycles. The number of carbonyl (C=O) groups excluding carboxylic acids is 4. The Morgan fingerprint density at radius 2 is 0.920 bits per heavy atom. The van der Waals surface area contributed by atoms with Crippen molar-refractivity contribution in [3.05, 3.63) is 109 Å². The number of esters is 4. The minimum Gasteiger partial charge on any atom is -0.494 e. The highest BCUT2D eigenvalue weighted by molar-refractivity contribution is 5.92. The summed E-state index contributed by atoms with van der Waals surface area (Å²) >= 11 is 0. The number of nitrogens with zero attached hydrogens (tertiary/aromatic N) is 1.